The van der Waals surface area contributed by atoms with Crippen LogP contribution in [0.3, 0.4) is 0 Å². The average Bonchev–Trinajstić information content (AvgIpc) is 2.64. The van der Waals surface area contributed by atoms with Crippen molar-refractivity contribution in [1.82, 2.24) is 4.90 Å². The summed E-state index contributed by atoms with van der Waals surface area (Å²) in [5, 5.41) is 8.61. The van der Waals surface area contributed by atoms with E-state index in [9.17, 15) is 9.18 Å². The molecule has 1 N–H and O–H groups in total. The summed E-state index contributed by atoms with van der Waals surface area (Å²) < 4.78 is 13.6. The lowest BCUT2D eigenvalue weighted by atomic mass is 10.1. The molecule has 5 heteroatoms. The zero-order valence-electron chi connectivity index (χ0n) is 11.2. The molecule has 1 saturated heterocycles. The van der Waals surface area contributed by atoms with E-state index in [4.69, 9.17) is 5.11 Å². The lowest BCUT2D eigenvalue weighted by molar-refractivity contribution is -0.131. The van der Waals surface area contributed by atoms with Gasteiger partial charge in [-0.1, -0.05) is 6.07 Å². The van der Waals surface area contributed by atoms with Gasteiger partial charge in [-0.05, 0) is 48.1 Å². The van der Waals surface area contributed by atoms with Crippen molar-refractivity contribution in [2.75, 3.05) is 24.6 Å². The van der Waals surface area contributed by atoms with Gasteiger partial charge in [0.15, 0.2) is 0 Å². The van der Waals surface area contributed by atoms with E-state index in [0.29, 0.717) is 12.1 Å². The van der Waals surface area contributed by atoms with Gasteiger partial charge in [0.2, 0.25) is 0 Å². The molecule has 0 atom stereocenters. The van der Waals surface area contributed by atoms with Gasteiger partial charge in [-0.25, -0.2) is 9.18 Å². The zero-order chi connectivity index (χ0) is 14.4. The van der Waals surface area contributed by atoms with Crippen LogP contribution in [-0.2, 0) is 11.3 Å². The summed E-state index contributed by atoms with van der Waals surface area (Å²) in [6.07, 6.45) is 3.61. The molecule has 1 aliphatic rings. The fourth-order valence-electron chi connectivity index (χ4n) is 2.24. The Morgan fingerprint density at radius 2 is 2.20 bits per heavy atom. The van der Waals surface area contributed by atoms with Crippen molar-refractivity contribution < 1.29 is 14.3 Å². The Kier molecular flexibility index (Phi) is 5.61. The molecule has 0 unspecified atom stereocenters. The number of nitrogens with zero attached hydrogens (tertiary/aromatic N) is 1. The molecule has 20 heavy (non-hydrogen) atoms. The van der Waals surface area contributed by atoms with Crippen LogP contribution in [0.25, 0.3) is 6.08 Å². The van der Waals surface area contributed by atoms with Crippen molar-refractivity contribution in [1.29, 1.82) is 0 Å². The number of thioether (sulfide) groups is 1. The molecule has 1 aliphatic heterocycles. The summed E-state index contributed by atoms with van der Waals surface area (Å²) in [6.45, 7) is 2.76. The molecule has 0 saturated carbocycles. The molecular formula is C15H18FNO2S. The van der Waals surface area contributed by atoms with Crippen LogP contribution in [0.2, 0.25) is 0 Å². The van der Waals surface area contributed by atoms with E-state index < -0.39 is 5.97 Å². The molecule has 1 aromatic rings. The van der Waals surface area contributed by atoms with Gasteiger partial charge in [-0.2, -0.15) is 11.8 Å². The molecule has 108 valence electrons. The van der Waals surface area contributed by atoms with Crippen LogP contribution < -0.4 is 0 Å². The number of benzene rings is 1. The van der Waals surface area contributed by atoms with Gasteiger partial charge in [0.25, 0.3) is 0 Å². The number of rotatable bonds is 4. The second kappa shape index (κ2) is 7.45. The van der Waals surface area contributed by atoms with Gasteiger partial charge in [-0.3, -0.25) is 4.90 Å². The van der Waals surface area contributed by atoms with Crippen molar-refractivity contribution in [2.24, 2.45) is 0 Å². The van der Waals surface area contributed by atoms with Crippen LogP contribution >= 0.6 is 11.8 Å². The van der Waals surface area contributed by atoms with Crippen molar-refractivity contribution in [2.45, 2.75) is 13.0 Å². The van der Waals surface area contributed by atoms with Crippen LogP contribution in [0.4, 0.5) is 4.39 Å². The topological polar surface area (TPSA) is 40.5 Å². The van der Waals surface area contributed by atoms with Gasteiger partial charge in [-0.15, -0.1) is 0 Å². The van der Waals surface area contributed by atoms with E-state index >= 15 is 0 Å². The second-order valence-corrected chi connectivity index (χ2v) is 6.03. The van der Waals surface area contributed by atoms with Crippen LogP contribution in [0.1, 0.15) is 17.5 Å². The molecule has 1 heterocycles. The second-order valence-electron chi connectivity index (χ2n) is 4.81. The number of carbonyl (C=O) groups is 1. The predicted octanol–water partition coefficient (Wildman–Crippen LogP) is 2.86. The van der Waals surface area contributed by atoms with Gasteiger partial charge in [0, 0.05) is 24.9 Å². The van der Waals surface area contributed by atoms with Crippen LogP contribution in [0, 0.1) is 5.82 Å². The minimum absolute atomic E-state index is 0.322. The smallest absolute Gasteiger partial charge is 0.328 e. The van der Waals surface area contributed by atoms with E-state index in [-0.39, 0.29) is 5.82 Å². The zero-order valence-corrected chi connectivity index (χ0v) is 12.0. The third kappa shape index (κ3) is 4.98. The molecule has 0 amide bonds. The Labute approximate surface area is 122 Å². The first-order valence-corrected chi connectivity index (χ1v) is 7.79. The third-order valence-corrected chi connectivity index (χ3v) is 4.17. The molecular weight excluding hydrogens is 277 g/mol. The first-order valence-electron chi connectivity index (χ1n) is 6.64. The van der Waals surface area contributed by atoms with Crippen molar-refractivity contribution in [3.8, 4) is 0 Å². The van der Waals surface area contributed by atoms with E-state index in [0.717, 1.165) is 36.9 Å². The van der Waals surface area contributed by atoms with Gasteiger partial charge < -0.3 is 5.11 Å². The Hall–Kier alpha value is -1.33. The van der Waals surface area contributed by atoms with Crippen molar-refractivity contribution >= 4 is 23.8 Å². The maximum atomic E-state index is 13.6. The third-order valence-electron chi connectivity index (χ3n) is 3.12. The highest BCUT2D eigenvalue weighted by Crippen LogP contribution is 2.16. The molecule has 1 fully saturated rings. The summed E-state index contributed by atoms with van der Waals surface area (Å²) >= 11 is 1.96. The molecule has 0 spiro atoms. The minimum atomic E-state index is -1.03. The van der Waals surface area contributed by atoms with Crippen molar-refractivity contribution in [3.05, 3.63) is 41.2 Å². The summed E-state index contributed by atoms with van der Waals surface area (Å²) in [5.41, 5.74) is 1.48. The molecule has 1 aromatic carbocycles. The normalized spacial score (nSPS) is 17.2. The lowest BCUT2D eigenvalue weighted by Gasteiger charge is -2.19. The van der Waals surface area contributed by atoms with E-state index in [1.807, 2.05) is 17.8 Å². The summed E-state index contributed by atoms with van der Waals surface area (Å²) in [6, 6.07) is 4.72. The predicted molar refractivity (Wildman–Crippen MR) is 80.3 cm³/mol. The largest absolute Gasteiger partial charge is 0.478 e. The summed E-state index contributed by atoms with van der Waals surface area (Å²) in [4.78, 5) is 12.8. The van der Waals surface area contributed by atoms with Gasteiger partial charge in [0.1, 0.15) is 5.82 Å². The molecule has 0 bridgehead atoms. The van der Waals surface area contributed by atoms with E-state index in [1.165, 1.54) is 24.0 Å². The van der Waals surface area contributed by atoms with Gasteiger partial charge in [0.05, 0.1) is 0 Å². The minimum Gasteiger partial charge on any atom is -0.478 e. The number of aliphatic carboxylic acids is 1. The summed E-state index contributed by atoms with van der Waals surface area (Å²) in [5.74, 6) is 0.949. The van der Waals surface area contributed by atoms with Crippen molar-refractivity contribution in [3.63, 3.8) is 0 Å². The quantitative estimate of drug-likeness (QED) is 0.867. The first-order chi connectivity index (χ1) is 9.63. The first kappa shape index (κ1) is 15.1. The Morgan fingerprint density at radius 3 is 3.00 bits per heavy atom. The Morgan fingerprint density at radius 1 is 1.35 bits per heavy atom. The fourth-order valence-corrected chi connectivity index (χ4v) is 3.17. The molecule has 0 aromatic heterocycles. The maximum Gasteiger partial charge on any atom is 0.328 e. The number of hydrogen-bond donors (Lipinski definition) is 1. The van der Waals surface area contributed by atoms with Gasteiger partial charge >= 0.3 is 5.97 Å². The molecule has 3 nitrogen and oxygen atoms in total. The highest BCUT2D eigenvalue weighted by Gasteiger charge is 2.10. The molecule has 0 radical (unpaired) electrons. The van der Waals surface area contributed by atoms with E-state index in [2.05, 4.69) is 4.90 Å². The monoisotopic (exact) mass is 295 g/mol. The molecule has 2 rings (SSSR count). The summed E-state index contributed by atoms with van der Waals surface area (Å²) in [7, 11) is 0. The Balaban J connectivity index is 2.08. The molecule has 0 aliphatic carbocycles. The van der Waals surface area contributed by atoms with Crippen LogP contribution in [-0.4, -0.2) is 40.6 Å². The highest BCUT2D eigenvalue weighted by atomic mass is 32.2. The van der Waals surface area contributed by atoms with Crippen LogP contribution in [0.15, 0.2) is 24.3 Å². The lowest BCUT2D eigenvalue weighted by Crippen LogP contribution is -2.25. The maximum absolute atomic E-state index is 13.6. The number of carboxylic acid groups (broad SMARTS) is 1. The average molecular weight is 295 g/mol. The number of halogens is 1. The van der Waals surface area contributed by atoms with E-state index in [1.54, 1.807) is 0 Å². The SMILES string of the molecule is O=C(O)C=Cc1cc(F)cc(CN2CCCSCC2)c1. The number of carboxylic acids is 1. The standard InChI is InChI=1S/C15H18FNO2S/c16-14-9-12(2-3-15(18)19)8-13(10-14)11-17-4-1-6-20-7-5-17/h2-3,8-10H,1,4-7,11H2,(H,18,19). The Bertz CT molecular complexity index is 497. The highest BCUT2D eigenvalue weighted by molar-refractivity contribution is 7.99. The fraction of sp³-hybridized carbons (Fsp3) is 0.400. The number of hydrogen-bond acceptors (Lipinski definition) is 3. The van der Waals surface area contributed by atoms with Crippen LogP contribution in [0.5, 0.6) is 0 Å².